The molecule has 0 aliphatic heterocycles. The molecule has 0 spiro atoms. The number of nitrogens with zero attached hydrogens (tertiary/aromatic N) is 2. The molecule has 0 radical (unpaired) electrons. The Balaban J connectivity index is 1.82. The highest BCUT2D eigenvalue weighted by atomic mass is 16.7. The van der Waals surface area contributed by atoms with Crippen LogP contribution in [0.2, 0.25) is 0 Å². The van der Waals surface area contributed by atoms with Crippen molar-refractivity contribution >= 4 is 0 Å². The Bertz CT molecular complexity index is 881. The van der Waals surface area contributed by atoms with Gasteiger partial charge in [0.05, 0.1) is 27.8 Å². The fourth-order valence-corrected chi connectivity index (χ4v) is 3.20. The summed E-state index contributed by atoms with van der Waals surface area (Å²) in [6.45, 7) is 3.30. The minimum atomic E-state index is 0.521. The monoisotopic (exact) mass is 383 g/mol. The second-order valence-corrected chi connectivity index (χ2v) is 6.31. The number of benzene rings is 2. The molecule has 0 aliphatic carbocycles. The van der Waals surface area contributed by atoms with Crippen molar-refractivity contribution in [3.8, 4) is 17.2 Å². The highest BCUT2D eigenvalue weighted by Gasteiger charge is 2.20. The normalized spacial score (nSPS) is 10.6. The average Bonchev–Trinajstić information content (AvgIpc) is 3.13. The molecule has 6 heteroatoms. The van der Waals surface area contributed by atoms with E-state index in [0.29, 0.717) is 30.4 Å². The van der Waals surface area contributed by atoms with E-state index in [4.69, 9.17) is 19.0 Å². The van der Waals surface area contributed by atoms with Crippen LogP contribution < -0.4 is 23.8 Å². The van der Waals surface area contributed by atoms with Crippen LogP contribution >= 0.6 is 0 Å². The molecule has 0 aliphatic rings. The lowest BCUT2D eigenvalue weighted by Gasteiger charge is -2.13. The van der Waals surface area contributed by atoms with E-state index in [1.54, 1.807) is 21.3 Å². The third-order valence-corrected chi connectivity index (χ3v) is 4.57. The fraction of sp³-hybridized carbons (Fsp3) is 0.318. The number of aromatic nitrogens is 2. The number of rotatable bonds is 9. The Morgan fingerprint density at radius 2 is 1.57 bits per heavy atom. The van der Waals surface area contributed by atoms with Gasteiger partial charge in [0.15, 0.2) is 24.3 Å². The van der Waals surface area contributed by atoms with Crippen LogP contribution in [0.15, 0.2) is 54.9 Å². The van der Waals surface area contributed by atoms with Gasteiger partial charge in [-0.05, 0) is 22.4 Å². The van der Waals surface area contributed by atoms with Crippen molar-refractivity contribution in [3.05, 3.63) is 71.8 Å². The van der Waals surface area contributed by atoms with Crippen LogP contribution in [0.4, 0.5) is 0 Å². The summed E-state index contributed by atoms with van der Waals surface area (Å²) in [6, 6.07) is 14.1. The number of hydrogen-bond donors (Lipinski definition) is 0. The molecule has 148 valence electrons. The van der Waals surface area contributed by atoms with E-state index in [0.717, 1.165) is 23.4 Å². The molecule has 0 saturated carbocycles. The number of methoxy groups -OCH3 is 3. The highest BCUT2D eigenvalue weighted by molar-refractivity contribution is 5.53. The Kier molecular flexibility index (Phi) is 6.42. The summed E-state index contributed by atoms with van der Waals surface area (Å²) in [6.07, 6.45) is 4.80. The average molecular weight is 383 g/mol. The van der Waals surface area contributed by atoms with Crippen LogP contribution in [-0.4, -0.2) is 25.9 Å². The maximum Gasteiger partial charge on any atom is 0.296 e. The predicted octanol–water partition coefficient (Wildman–Crippen LogP) is 3.04. The molecule has 3 rings (SSSR count). The van der Waals surface area contributed by atoms with E-state index in [9.17, 15) is 0 Å². The van der Waals surface area contributed by atoms with Gasteiger partial charge in [0, 0.05) is 5.56 Å². The van der Waals surface area contributed by atoms with Crippen molar-refractivity contribution in [2.75, 3.05) is 21.3 Å². The second kappa shape index (κ2) is 9.17. The Morgan fingerprint density at radius 1 is 0.893 bits per heavy atom. The van der Waals surface area contributed by atoms with E-state index in [1.165, 1.54) is 0 Å². The summed E-state index contributed by atoms with van der Waals surface area (Å²) in [4.78, 5) is 5.99. The van der Waals surface area contributed by atoms with Gasteiger partial charge in [0.2, 0.25) is 5.75 Å². The lowest BCUT2D eigenvalue weighted by Crippen LogP contribution is -2.44. The molecule has 0 saturated heterocycles. The van der Waals surface area contributed by atoms with Crippen LogP contribution in [0.1, 0.15) is 23.9 Å². The first-order chi connectivity index (χ1) is 13.7. The summed E-state index contributed by atoms with van der Waals surface area (Å²) < 4.78 is 20.3. The predicted molar refractivity (Wildman–Crippen MR) is 106 cm³/mol. The maximum atomic E-state index is 5.99. The minimum absolute atomic E-state index is 0.521. The summed E-state index contributed by atoms with van der Waals surface area (Å²) >= 11 is 0. The summed E-state index contributed by atoms with van der Waals surface area (Å²) in [5, 5.41) is 0. The molecule has 1 aromatic heterocycles. The summed E-state index contributed by atoms with van der Waals surface area (Å²) in [7, 11) is 4.85. The minimum Gasteiger partial charge on any atom is -0.493 e. The quantitative estimate of drug-likeness (QED) is 0.533. The summed E-state index contributed by atoms with van der Waals surface area (Å²) in [5.74, 6) is 2.97. The molecule has 0 amide bonds. The first kappa shape index (κ1) is 19.6. The van der Waals surface area contributed by atoms with Crippen molar-refractivity contribution in [3.63, 3.8) is 0 Å². The van der Waals surface area contributed by atoms with Crippen molar-refractivity contribution in [2.45, 2.75) is 26.5 Å². The zero-order chi connectivity index (χ0) is 19.9. The number of ether oxygens (including phenoxy) is 3. The molecule has 6 nitrogen and oxygen atoms in total. The van der Waals surface area contributed by atoms with E-state index in [-0.39, 0.29) is 0 Å². The molecular formula is C22H27N2O4+. The van der Waals surface area contributed by atoms with Crippen LogP contribution in [0, 0.1) is 0 Å². The highest BCUT2D eigenvalue weighted by Crippen LogP contribution is 2.38. The Hall–Kier alpha value is -3.15. The second-order valence-electron chi connectivity index (χ2n) is 6.31. The largest absolute Gasteiger partial charge is 0.493 e. The zero-order valence-corrected chi connectivity index (χ0v) is 16.8. The molecule has 0 unspecified atom stereocenters. The molecule has 0 atom stereocenters. The van der Waals surface area contributed by atoms with Gasteiger partial charge in [0.25, 0.3) is 5.82 Å². The molecular weight excluding hydrogens is 356 g/mol. The first-order valence-corrected chi connectivity index (χ1v) is 9.25. The smallest absolute Gasteiger partial charge is 0.296 e. The van der Waals surface area contributed by atoms with Gasteiger partial charge in [-0.3, -0.25) is 0 Å². The van der Waals surface area contributed by atoms with Gasteiger partial charge in [0.1, 0.15) is 12.7 Å². The van der Waals surface area contributed by atoms with Crippen molar-refractivity contribution < 1.29 is 23.8 Å². The van der Waals surface area contributed by atoms with Crippen molar-refractivity contribution in [1.29, 1.82) is 0 Å². The van der Waals surface area contributed by atoms with E-state index in [1.807, 2.05) is 47.5 Å². The molecule has 0 fully saturated rings. The fourth-order valence-electron chi connectivity index (χ4n) is 3.20. The Labute approximate surface area is 165 Å². The third kappa shape index (κ3) is 4.22. The zero-order valence-electron chi connectivity index (χ0n) is 16.8. The van der Waals surface area contributed by atoms with Gasteiger partial charge in [-0.2, -0.15) is 0 Å². The molecule has 1 heterocycles. The topological polar surface area (TPSA) is 45.7 Å². The lowest BCUT2D eigenvalue weighted by molar-refractivity contribution is -0.899. The first-order valence-electron chi connectivity index (χ1n) is 9.25. The molecule has 28 heavy (non-hydrogen) atoms. The maximum absolute atomic E-state index is 5.99. The van der Waals surface area contributed by atoms with E-state index in [2.05, 4.69) is 23.6 Å². The van der Waals surface area contributed by atoms with Gasteiger partial charge in [-0.1, -0.05) is 37.3 Å². The van der Waals surface area contributed by atoms with Gasteiger partial charge in [-0.15, -0.1) is 0 Å². The number of imidazole rings is 1. The van der Waals surface area contributed by atoms with Crippen LogP contribution in [0.3, 0.4) is 0 Å². The van der Waals surface area contributed by atoms with E-state index < -0.39 is 0 Å². The van der Waals surface area contributed by atoms with Gasteiger partial charge >= 0.3 is 0 Å². The number of hydrogen-bond acceptors (Lipinski definition) is 4. The molecule has 0 N–H and O–H groups in total. The van der Waals surface area contributed by atoms with Crippen molar-refractivity contribution in [2.24, 2.45) is 0 Å². The molecule has 0 bridgehead atoms. The van der Waals surface area contributed by atoms with Crippen LogP contribution in [-0.2, 0) is 19.6 Å². The summed E-state index contributed by atoms with van der Waals surface area (Å²) in [5.41, 5.74) is 2.18. The van der Waals surface area contributed by atoms with Crippen LogP contribution in [0.5, 0.6) is 17.2 Å². The molecule has 2 aromatic carbocycles. The third-order valence-electron chi connectivity index (χ3n) is 4.57. The van der Waals surface area contributed by atoms with Crippen LogP contribution in [0.25, 0.3) is 0 Å². The van der Waals surface area contributed by atoms with E-state index >= 15 is 0 Å². The Morgan fingerprint density at radius 3 is 2.14 bits per heavy atom. The standard InChI is InChI=1S/C22H27N2O4/c1-5-21-23(11-12-24(21)28-16-17-9-7-6-8-10-17)15-18-13-19(25-2)22(27-4)20(14-18)26-3/h6-14H,5,15-16H2,1-4H3/q+1. The van der Waals surface area contributed by atoms with Crippen molar-refractivity contribution in [1.82, 2.24) is 4.57 Å². The van der Waals surface area contributed by atoms with Gasteiger partial charge < -0.3 is 19.0 Å². The molecule has 3 aromatic rings. The SMILES string of the molecule is CCc1n(Cc2cc(OC)c(OC)c(OC)c2)cc[n+]1OCc1ccccc1. The lowest BCUT2D eigenvalue weighted by atomic mass is 10.1. The van der Waals surface area contributed by atoms with Gasteiger partial charge in [-0.25, -0.2) is 4.57 Å².